The van der Waals surface area contributed by atoms with E-state index in [1.807, 2.05) is 86.6 Å². The summed E-state index contributed by atoms with van der Waals surface area (Å²) in [6.07, 6.45) is 0. The minimum Gasteiger partial charge on any atom is -0.486 e. The van der Waals surface area contributed by atoms with Gasteiger partial charge in [0.05, 0.1) is 28.0 Å². The maximum atomic E-state index is 13.0. The van der Waals surface area contributed by atoms with E-state index >= 15 is 0 Å². The fourth-order valence-corrected chi connectivity index (χ4v) is 3.10. The Balaban J connectivity index is 1.64. The van der Waals surface area contributed by atoms with Crippen LogP contribution in [-0.4, -0.2) is 15.8 Å². The Morgan fingerprint density at radius 2 is 1.54 bits per heavy atom. The van der Waals surface area contributed by atoms with Gasteiger partial charge in [-0.25, -0.2) is 9.97 Å². The molecule has 0 spiro atoms. The first-order valence-electron chi connectivity index (χ1n) is 9.17. The zero-order valence-electron chi connectivity index (χ0n) is 15.8. The predicted octanol–water partition coefficient (Wildman–Crippen LogP) is 5.06. The summed E-state index contributed by atoms with van der Waals surface area (Å²) in [4.78, 5) is 22.2. The van der Waals surface area contributed by atoms with Crippen LogP contribution in [-0.2, 0) is 6.61 Å². The van der Waals surface area contributed by atoms with E-state index in [1.165, 1.54) is 0 Å². The van der Waals surface area contributed by atoms with Gasteiger partial charge in [0.15, 0.2) is 5.78 Å². The number of nitrogens with zero attached hydrogens (tertiary/aromatic N) is 2. The van der Waals surface area contributed by atoms with Crippen molar-refractivity contribution in [3.8, 4) is 5.75 Å². The number of ketones is 1. The van der Waals surface area contributed by atoms with Crippen LogP contribution in [0.25, 0.3) is 11.0 Å². The monoisotopic (exact) mass is 368 g/mol. The number of ether oxygens (including phenoxy) is 1. The molecule has 0 aliphatic rings. The third kappa shape index (κ3) is 3.62. The van der Waals surface area contributed by atoms with Gasteiger partial charge in [-0.1, -0.05) is 54.1 Å². The molecule has 28 heavy (non-hydrogen) atoms. The van der Waals surface area contributed by atoms with E-state index in [1.54, 1.807) is 0 Å². The molecule has 0 atom stereocenters. The molecule has 0 N–H and O–H groups in total. The number of hydrogen-bond donors (Lipinski definition) is 0. The van der Waals surface area contributed by atoms with E-state index in [4.69, 9.17) is 4.74 Å². The van der Waals surface area contributed by atoms with Crippen molar-refractivity contribution in [1.29, 1.82) is 0 Å². The third-order valence-corrected chi connectivity index (χ3v) is 4.62. The van der Waals surface area contributed by atoms with Crippen LogP contribution in [0.1, 0.15) is 32.9 Å². The molecule has 138 valence electrons. The molecule has 4 heteroatoms. The Hall–Kier alpha value is -3.53. The number of rotatable bonds is 5. The van der Waals surface area contributed by atoms with Crippen LogP contribution in [0.3, 0.4) is 0 Å². The van der Waals surface area contributed by atoms with Gasteiger partial charge in [0.1, 0.15) is 12.4 Å². The zero-order valence-corrected chi connectivity index (χ0v) is 15.8. The largest absolute Gasteiger partial charge is 0.486 e. The Labute approximate surface area is 163 Å². The van der Waals surface area contributed by atoms with Gasteiger partial charge in [-0.2, -0.15) is 0 Å². The summed E-state index contributed by atoms with van der Waals surface area (Å²) in [6, 6.07) is 22.6. The predicted molar refractivity (Wildman–Crippen MR) is 110 cm³/mol. The fourth-order valence-electron chi connectivity index (χ4n) is 3.10. The number of carbonyl (C=O) groups excluding carboxylic acids is 1. The molecule has 0 saturated carbocycles. The van der Waals surface area contributed by atoms with Crippen molar-refractivity contribution in [2.75, 3.05) is 0 Å². The molecule has 4 nitrogen and oxygen atoms in total. The normalized spacial score (nSPS) is 10.8. The highest BCUT2D eigenvalue weighted by Crippen LogP contribution is 2.25. The van der Waals surface area contributed by atoms with Crippen molar-refractivity contribution in [3.63, 3.8) is 0 Å². The Morgan fingerprint density at radius 1 is 0.857 bits per heavy atom. The van der Waals surface area contributed by atoms with E-state index in [2.05, 4.69) is 9.97 Å². The quantitative estimate of drug-likeness (QED) is 0.462. The average Bonchev–Trinajstić information content (AvgIpc) is 2.73. The first-order chi connectivity index (χ1) is 13.6. The molecule has 0 unspecified atom stereocenters. The first kappa shape index (κ1) is 17.9. The van der Waals surface area contributed by atoms with Crippen molar-refractivity contribution in [1.82, 2.24) is 9.97 Å². The molecule has 0 aliphatic carbocycles. The van der Waals surface area contributed by atoms with Gasteiger partial charge in [0.25, 0.3) is 0 Å². The second-order valence-electron chi connectivity index (χ2n) is 6.73. The van der Waals surface area contributed by atoms with Gasteiger partial charge in [-0.3, -0.25) is 4.79 Å². The fraction of sp³-hybridized carbons (Fsp3) is 0.125. The summed E-state index contributed by atoms with van der Waals surface area (Å²) in [5.41, 5.74) is 5.47. The number of carbonyl (C=O) groups is 1. The van der Waals surface area contributed by atoms with E-state index in [-0.39, 0.29) is 12.4 Å². The van der Waals surface area contributed by atoms with Gasteiger partial charge in [0, 0.05) is 5.56 Å². The summed E-state index contributed by atoms with van der Waals surface area (Å²) in [6.45, 7) is 4.13. The summed E-state index contributed by atoms with van der Waals surface area (Å²) < 4.78 is 6.03. The Morgan fingerprint density at radius 3 is 2.29 bits per heavy atom. The van der Waals surface area contributed by atoms with Crippen LogP contribution in [0.4, 0.5) is 0 Å². The number of aromatic nitrogens is 2. The molecule has 0 saturated heterocycles. The lowest BCUT2D eigenvalue weighted by atomic mass is 10.0. The van der Waals surface area contributed by atoms with Crippen molar-refractivity contribution in [3.05, 3.63) is 101 Å². The van der Waals surface area contributed by atoms with E-state index in [0.29, 0.717) is 16.9 Å². The van der Waals surface area contributed by atoms with Crippen LogP contribution in [0.5, 0.6) is 5.75 Å². The molecular weight excluding hydrogens is 348 g/mol. The first-order valence-corrected chi connectivity index (χ1v) is 9.17. The third-order valence-electron chi connectivity index (χ3n) is 4.62. The summed E-state index contributed by atoms with van der Waals surface area (Å²) in [7, 11) is 0. The molecule has 0 amide bonds. The van der Waals surface area contributed by atoms with Crippen molar-refractivity contribution >= 4 is 16.8 Å². The molecule has 0 fully saturated rings. The summed E-state index contributed by atoms with van der Waals surface area (Å²) in [5.74, 6) is 0.495. The molecule has 1 aromatic heterocycles. The Kier molecular flexibility index (Phi) is 4.85. The summed E-state index contributed by atoms with van der Waals surface area (Å²) >= 11 is 0. The SMILES string of the molecule is Cc1ccc(OCc2nc3ccccc3nc2C)c(C(=O)c2ccccc2)c1. The van der Waals surface area contributed by atoms with Crippen molar-refractivity contribution in [2.24, 2.45) is 0 Å². The topological polar surface area (TPSA) is 52.1 Å². The molecule has 4 aromatic rings. The number of hydrogen-bond acceptors (Lipinski definition) is 4. The van der Waals surface area contributed by atoms with Crippen LogP contribution < -0.4 is 4.74 Å². The molecule has 3 aromatic carbocycles. The minimum atomic E-state index is -0.0550. The molecular formula is C24H20N2O2. The van der Waals surface area contributed by atoms with Crippen LogP contribution in [0.2, 0.25) is 0 Å². The van der Waals surface area contributed by atoms with Gasteiger partial charge < -0.3 is 4.74 Å². The van der Waals surface area contributed by atoms with Gasteiger partial charge >= 0.3 is 0 Å². The Bertz CT molecular complexity index is 1150. The highest BCUT2D eigenvalue weighted by atomic mass is 16.5. The second kappa shape index (κ2) is 7.61. The zero-order chi connectivity index (χ0) is 19.5. The number of fused-ring (bicyclic) bond motifs is 1. The van der Waals surface area contributed by atoms with E-state index < -0.39 is 0 Å². The van der Waals surface area contributed by atoms with Crippen molar-refractivity contribution < 1.29 is 9.53 Å². The molecule has 4 rings (SSSR count). The van der Waals surface area contributed by atoms with Gasteiger partial charge in [0.2, 0.25) is 0 Å². The number of para-hydroxylation sites is 2. The average molecular weight is 368 g/mol. The minimum absolute atomic E-state index is 0.0550. The van der Waals surface area contributed by atoms with E-state index in [0.717, 1.165) is 28.0 Å². The lowest BCUT2D eigenvalue weighted by Crippen LogP contribution is -2.08. The number of aryl methyl sites for hydroxylation is 2. The molecule has 0 bridgehead atoms. The molecule has 0 radical (unpaired) electrons. The van der Waals surface area contributed by atoms with Gasteiger partial charge in [-0.05, 0) is 38.1 Å². The van der Waals surface area contributed by atoms with Crippen LogP contribution in [0.15, 0.2) is 72.8 Å². The highest BCUT2D eigenvalue weighted by molar-refractivity contribution is 6.10. The molecule has 1 heterocycles. The standard InChI is InChI=1S/C24H20N2O2/c1-16-12-13-23(19(14-16)24(27)18-8-4-3-5-9-18)28-15-22-17(2)25-20-10-6-7-11-21(20)26-22/h3-14H,15H2,1-2H3. The van der Waals surface area contributed by atoms with Crippen LogP contribution >= 0.6 is 0 Å². The maximum absolute atomic E-state index is 13.0. The highest BCUT2D eigenvalue weighted by Gasteiger charge is 2.16. The number of benzene rings is 3. The van der Waals surface area contributed by atoms with Gasteiger partial charge in [-0.15, -0.1) is 0 Å². The lowest BCUT2D eigenvalue weighted by molar-refractivity contribution is 0.103. The second-order valence-corrected chi connectivity index (χ2v) is 6.73. The van der Waals surface area contributed by atoms with Crippen molar-refractivity contribution in [2.45, 2.75) is 20.5 Å². The van der Waals surface area contributed by atoms with Crippen LogP contribution in [0, 0.1) is 13.8 Å². The lowest BCUT2D eigenvalue weighted by Gasteiger charge is -2.13. The smallest absolute Gasteiger partial charge is 0.196 e. The maximum Gasteiger partial charge on any atom is 0.196 e. The van der Waals surface area contributed by atoms with E-state index in [9.17, 15) is 4.79 Å². The molecule has 0 aliphatic heterocycles. The summed E-state index contributed by atoms with van der Waals surface area (Å²) in [5, 5.41) is 0.